The molecule has 1 heterocycles. The van der Waals surface area contributed by atoms with Crippen LogP contribution in [0.15, 0.2) is 48.7 Å². The Morgan fingerprint density at radius 2 is 1.86 bits per heavy atom. The number of esters is 1. The molecule has 0 amide bonds. The van der Waals surface area contributed by atoms with Gasteiger partial charge in [0.15, 0.2) is 17.3 Å². The molecule has 0 saturated heterocycles. The van der Waals surface area contributed by atoms with Crippen molar-refractivity contribution in [1.29, 1.82) is 0 Å². The molecule has 0 N–H and O–H groups in total. The van der Waals surface area contributed by atoms with E-state index in [1.54, 1.807) is 36.4 Å². The van der Waals surface area contributed by atoms with Gasteiger partial charge in [-0.25, -0.2) is 0 Å². The number of aromatic nitrogens is 1. The maximum atomic E-state index is 12.0. The van der Waals surface area contributed by atoms with E-state index in [1.165, 1.54) is 26.3 Å². The fourth-order valence-corrected chi connectivity index (χ4v) is 1.78. The van der Waals surface area contributed by atoms with Gasteiger partial charge >= 0.3 is 5.97 Å². The topological polar surface area (TPSA) is 65.5 Å². The lowest BCUT2D eigenvalue weighted by Crippen LogP contribution is -2.03. The Balaban J connectivity index is 2.18. The second kappa shape index (κ2) is 7.17. The molecule has 112 valence electrons. The molecule has 0 unspecified atom stereocenters. The maximum absolute atomic E-state index is 12.0. The van der Waals surface area contributed by atoms with E-state index in [9.17, 15) is 9.59 Å². The summed E-state index contributed by atoms with van der Waals surface area (Å²) < 4.78 is 10.1. The van der Waals surface area contributed by atoms with Crippen LogP contribution in [0.4, 0.5) is 0 Å². The molecule has 1 aromatic heterocycles. The van der Waals surface area contributed by atoms with E-state index in [4.69, 9.17) is 9.47 Å². The lowest BCUT2D eigenvalue weighted by molar-refractivity contribution is -0.132. The minimum absolute atomic E-state index is 0.120. The van der Waals surface area contributed by atoms with Gasteiger partial charge in [0, 0.05) is 18.6 Å². The lowest BCUT2D eigenvalue weighted by atomic mass is 10.1. The van der Waals surface area contributed by atoms with E-state index in [2.05, 4.69) is 4.98 Å². The Labute approximate surface area is 128 Å². The number of hydrogen-bond donors (Lipinski definition) is 0. The molecule has 0 saturated carbocycles. The minimum Gasteiger partial charge on any atom is -0.493 e. The normalized spacial score (nSPS) is 10.5. The Hall–Kier alpha value is -2.95. The zero-order valence-corrected chi connectivity index (χ0v) is 12.3. The van der Waals surface area contributed by atoms with Crippen LogP contribution in [0.5, 0.6) is 11.5 Å². The minimum atomic E-state index is -0.456. The van der Waals surface area contributed by atoms with Crippen molar-refractivity contribution >= 4 is 17.8 Å². The van der Waals surface area contributed by atoms with Gasteiger partial charge in [-0.1, -0.05) is 30.3 Å². The van der Waals surface area contributed by atoms with Crippen LogP contribution in [0.2, 0.25) is 0 Å². The first-order valence-corrected chi connectivity index (χ1v) is 6.60. The summed E-state index contributed by atoms with van der Waals surface area (Å²) in [5.41, 5.74) is 1.12. The highest BCUT2D eigenvalue weighted by Crippen LogP contribution is 2.27. The summed E-state index contributed by atoms with van der Waals surface area (Å²) in [5.74, 6) is 0.0339. The average Bonchev–Trinajstić information content (AvgIpc) is 2.54. The van der Waals surface area contributed by atoms with Gasteiger partial charge in [-0.2, -0.15) is 0 Å². The van der Waals surface area contributed by atoms with Crippen LogP contribution in [-0.2, 0) is 4.79 Å². The molecule has 2 rings (SSSR count). The van der Waals surface area contributed by atoms with Gasteiger partial charge in [0.25, 0.3) is 0 Å². The summed E-state index contributed by atoms with van der Waals surface area (Å²) in [4.78, 5) is 27.1. The number of rotatable bonds is 5. The number of carbonyl (C=O) groups is 2. The van der Waals surface area contributed by atoms with Crippen molar-refractivity contribution < 1.29 is 19.1 Å². The zero-order valence-electron chi connectivity index (χ0n) is 12.3. The van der Waals surface area contributed by atoms with Crippen LogP contribution in [0.3, 0.4) is 0 Å². The highest BCUT2D eigenvalue weighted by atomic mass is 16.6. The van der Waals surface area contributed by atoms with Crippen LogP contribution < -0.4 is 9.47 Å². The van der Waals surface area contributed by atoms with Gasteiger partial charge in [0.2, 0.25) is 0 Å². The SMILES string of the molecule is COc1cc(C=CC(=O)c2ccccc2)ncc1OC(C)=O. The van der Waals surface area contributed by atoms with E-state index < -0.39 is 5.97 Å². The van der Waals surface area contributed by atoms with Gasteiger partial charge < -0.3 is 9.47 Å². The van der Waals surface area contributed by atoms with E-state index in [-0.39, 0.29) is 11.5 Å². The number of benzene rings is 1. The first-order chi connectivity index (χ1) is 10.6. The van der Waals surface area contributed by atoms with Crippen molar-refractivity contribution in [2.24, 2.45) is 0 Å². The predicted molar refractivity (Wildman–Crippen MR) is 81.9 cm³/mol. The summed E-state index contributed by atoms with van der Waals surface area (Å²) in [7, 11) is 1.46. The number of allylic oxidation sites excluding steroid dienone is 1. The second-order valence-corrected chi connectivity index (χ2v) is 4.42. The molecule has 5 nitrogen and oxygen atoms in total. The molecule has 0 atom stereocenters. The molecule has 0 aliphatic rings. The number of methoxy groups -OCH3 is 1. The number of ether oxygens (including phenoxy) is 2. The molecule has 0 bridgehead atoms. The monoisotopic (exact) mass is 297 g/mol. The maximum Gasteiger partial charge on any atom is 0.308 e. The van der Waals surface area contributed by atoms with Crippen molar-refractivity contribution in [2.45, 2.75) is 6.92 Å². The molecular weight excluding hydrogens is 282 g/mol. The van der Waals surface area contributed by atoms with E-state index in [0.29, 0.717) is 17.0 Å². The van der Waals surface area contributed by atoms with E-state index in [0.717, 1.165) is 0 Å². The summed E-state index contributed by atoms with van der Waals surface area (Å²) in [6, 6.07) is 10.5. The van der Waals surface area contributed by atoms with Crippen LogP contribution in [0.1, 0.15) is 23.0 Å². The number of carbonyl (C=O) groups excluding carboxylic acids is 2. The number of hydrogen-bond acceptors (Lipinski definition) is 5. The number of nitrogens with zero attached hydrogens (tertiary/aromatic N) is 1. The fourth-order valence-electron chi connectivity index (χ4n) is 1.78. The molecule has 0 spiro atoms. The Morgan fingerprint density at radius 1 is 1.14 bits per heavy atom. The Bertz CT molecular complexity index is 708. The van der Waals surface area contributed by atoms with Gasteiger partial charge in [0.1, 0.15) is 0 Å². The van der Waals surface area contributed by atoms with Gasteiger partial charge in [-0.3, -0.25) is 14.6 Å². The van der Waals surface area contributed by atoms with Crippen LogP contribution in [0, 0.1) is 0 Å². The van der Waals surface area contributed by atoms with Crippen molar-refractivity contribution in [3.8, 4) is 11.5 Å². The molecular formula is C17H15NO4. The summed E-state index contributed by atoms with van der Waals surface area (Å²) in [5, 5.41) is 0. The third-order valence-electron chi connectivity index (χ3n) is 2.79. The van der Waals surface area contributed by atoms with Gasteiger partial charge in [0.05, 0.1) is 19.0 Å². The predicted octanol–water partition coefficient (Wildman–Crippen LogP) is 2.91. The summed E-state index contributed by atoms with van der Waals surface area (Å²) in [6.45, 7) is 1.30. The highest BCUT2D eigenvalue weighted by Gasteiger charge is 2.08. The lowest BCUT2D eigenvalue weighted by Gasteiger charge is -2.07. The number of ketones is 1. The van der Waals surface area contributed by atoms with Crippen molar-refractivity contribution in [3.63, 3.8) is 0 Å². The van der Waals surface area contributed by atoms with Gasteiger partial charge in [-0.15, -0.1) is 0 Å². The molecule has 0 radical (unpaired) electrons. The third kappa shape index (κ3) is 4.02. The second-order valence-electron chi connectivity index (χ2n) is 4.42. The quantitative estimate of drug-likeness (QED) is 0.482. The molecule has 0 aliphatic carbocycles. The first-order valence-electron chi connectivity index (χ1n) is 6.60. The van der Waals surface area contributed by atoms with E-state index in [1.807, 2.05) is 6.07 Å². The largest absolute Gasteiger partial charge is 0.493 e. The van der Waals surface area contributed by atoms with Crippen LogP contribution >= 0.6 is 0 Å². The van der Waals surface area contributed by atoms with Gasteiger partial charge in [-0.05, 0) is 12.2 Å². The Morgan fingerprint density at radius 3 is 2.50 bits per heavy atom. The fraction of sp³-hybridized carbons (Fsp3) is 0.118. The molecule has 22 heavy (non-hydrogen) atoms. The van der Waals surface area contributed by atoms with Crippen LogP contribution in [-0.4, -0.2) is 23.8 Å². The average molecular weight is 297 g/mol. The molecule has 5 heteroatoms. The highest BCUT2D eigenvalue weighted by molar-refractivity contribution is 6.06. The van der Waals surface area contributed by atoms with E-state index >= 15 is 0 Å². The zero-order chi connectivity index (χ0) is 15.9. The smallest absolute Gasteiger partial charge is 0.308 e. The molecule has 0 aliphatic heterocycles. The molecule has 1 aromatic carbocycles. The van der Waals surface area contributed by atoms with Crippen LogP contribution in [0.25, 0.3) is 6.08 Å². The summed E-state index contributed by atoms with van der Waals surface area (Å²) >= 11 is 0. The molecule has 0 fully saturated rings. The standard InChI is InChI=1S/C17H15NO4/c1-12(19)22-17-11-18-14(10-16(17)21-2)8-9-15(20)13-6-4-3-5-7-13/h3-11H,1-2H3. The molecule has 2 aromatic rings. The Kier molecular flexibility index (Phi) is 5.03. The van der Waals surface area contributed by atoms with Crippen molar-refractivity contribution in [1.82, 2.24) is 4.98 Å². The number of pyridine rings is 1. The van der Waals surface area contributed by atoms with Crippen molar-refractivity contribution in [3.05, 3.63) is 59.9 Å². The third-order valence-corrected chi connectivity index (χ3v) is 2.79. The summed E-state index contributed by atoms with van der Waals surface area (Å²) in [6.07, 6.45) is 4.39. The first kappa shape index (κ1) is 15.4. The van der Waals surface area contributed by atoms with Crippen molar-refractivity contribution in [2.75, 3.05) is 7.11 Å².